The van der Waals surface area contributed by atoms with E-state index in [9.17, 15) is 21.6 Å². The van der Waals surface area contributed by atoms with Crippen molar-refractivity contribution in [2.75, 3.05) is 41.4 Å². The van der Waals surface area contributed by atoms with Crippen LogP contribution in [0.3, 0.4) is 0 Å². The molecule has 0 radical (unpaired) electrons. The molecular weight excluding hydrogens is 518 g/mol. The zero-order chi connectivity index (χ0) is 27.2. The molecule has 0 fully saturated rings. The topological polar surface area (TPSA) is 131 Å². The molecule has 3 aromatic rings. The number of benzene rings is 3. The molecule has 0 bridgehead atoms. The zero-order valence-electron chi connectivity index (χ0n) is 20.9. The van der Waals surface area contributed by atoms with Gasteiger partial charge in [0.1, 0.15) is 18.0 Å². The van der Waals surface area contributed by atoms with Crippen LogP contribution in [0.4, 0.5) is 17.1 Å². The molecule has 37 heavy (non-hydrogen) atoms. The predicted octanol–water partition coefficient (Wildman–Crippen LogP) is 3.47. The quantitative estimate of drug-likeness (QED) is 0.376. The van der Waals surface area contributed by atoms with Crippen LogP contribution in [-0.2, 0) is 31.3 Å². The van der Waals surface area contributed by atoms with Gasteiger partial charge in [-0.1, -0.05) is 25.1 Å². The molecule has 0 saturated heterocycles. The molecule has 12 heteroatoms. The Balaban J connectivity index is 1.76. The van der Waals surface area contributed by atoms with Crippen molar-refractivity contribution >= 4 is 43.0 Å². The maximum atomic E-state index is 12.9. The number of aryl methyl sites for hydroxylation is 1. The van der Waals surface area contributed by atoms with E-state index < -0.39 is 32.5 Å². The van der Waals surface area contributed by atoms with E-state index in [0.29, 0.717) is 29.3 Å². The van der Waals surface area contributed by atoms with Crippen LogP contribution in [0.15, 0.2) is 71.6 Å². The molecule has 0 spiro atoms. The molecule has 10 nitrogen and oxygen atoms in total. The highest BCUT2D eigenvalue weighted by Gasteiger charge is 2.23. The lowest BCUT2D eigenvalue weighted by molar-refractivity contribution is -0.114. The second-order valence-electron chi connectivity index (χ2n) is 8.00. The average molecular weight is 548 g/mol. The number of carbonyl (C=O) groups excluding carboxylic acids is 1. The van der Waals surface area contributed by atoms with Crippen molar-refractivity contribution in [3.05, 3.63) is 72.3 Å². The van der Waals surface area contributed by atoms with Crippen LogP contribution < -0.4 is 23.8 Å². The minimum absolute atomic E-state index is 0.0509. The van der Waals surface area contributed by atoms with Gasteiger partial charge >= 0.3 is 0 Å². The number of rotatable bonds is 11. The first-order valence-corrected chi connectivity index (χ1v) is 14.5. The number of ether oxygens (including phenoxy) is 2. The fraction of sp³-hybridized carbons (Fsp3) is 0.240. The van der Waals surface area contributed by atoms with Gasteiger partial charge in [0.25, 0.3) is 10.0 Å². The first kappa shape index (κ1) is 27.8. The standard InChI is InChI=1S/C25H29N3O7S2/c1-5-18-8-6-7-9-23(18)28(36(4,30)31)17-25(29)26-19-10-13-21(14-11-19)37(32,33)27-22-16-20(34-2)12-15-24(22)35-3/h6-16,27H,5,17H2,1-4H3,(H,26,29). The van der Waals surface area contributed by atoms with Gasteiger partial charge in [0, 0.05) is 11.8 Å². The molecule has 0 heterocycles. The van der Waals surface area contributed by atoms with E-state index in [1.165, 1.54) is 44.6 Å². The molecular formula is C25H29N3O7S2. The minimum Gasteiger partial charge on any atom is -0.497 e. The third-order valence-electron chi connectivity index (χ3n) is 5.43. The lowest BCUT2D eigenvalue weighted by Crippen LogP contribution is -2.38. The number of carbonyl (C=O) groups is 1. The Morgan fingerprint density at radius 3 is 2.19 bits per heavy atom. The van der Waals surface area contributed by atoms with Crippen LogP contribution in [0.25, 0.3) is 0 Å². The van der Waals surface area contributed by atoms with E-state index in [1.807, 2.05) is 6.92 Å². The summed E-state index contributed by atoms with van der Waals surface area (Å²) in [7, 11) is -4.84. The van der Waals surface area contributed by atoms with Gasteiger partial charge in [-0.15, -0.1) is 0 Å². The van der Waals surface area contributed by atoms with Crippen molar-refractivity contribution in [3.8, 4) is 11.5 Å². The molecule has 0 saturated carbocycles. The third-order valence-corrected chi connectivity index (χ3v) is 7.94. The Hall–Kier alpha value is -3.77. The van der Waals surface area contributed by atoms with E-state index in [4.69, 9.17) is 9.47 Å². The smallest absolute Gasteiger partial charge is 0.262 e. The molecule has 0 aliphatic rings. The highest BCUT2D eigenvalue weighted by atomic mass is 32.2. The number of hydrogen-bond acceptors (Lipinski definition) is 7. The first-order chi connectivity index (χ1) is 17.5. The van der Waals surface area contributed by atoms with Crippen molar-refractivity contribution < 1.29 is 31.1 Å². The summed E-state index contributed by atoms with van der Waals surface area (Å²) in [6, 6.07) is 17.2. The van der Waals surface area contributed by atoms with E-state index >= 15 is 0 Å². The van der Waals surface area contributed by atoms with Gasteiger partial charge in [0.05, 0.1) is 36.7 Å². The third kappa shape index (κ3) is 6.92. The molecule has 2 N–H and O–H groups in total. The van der Waals surface area contributed by atoms with Crippen LogP contribution in [0.1, 0.15) is 12.5 Å². The number of sulfonamides is 2. The molecule has 1 amide bonds. The largest absolute Gasteiger partial charge is 0.497 e. The summed E-state index contributed by atoms with van der Waals surface area (Å²) >= 11 is 0. The van der Waals surface area contributed by atoms with Gasteiger partial charge in [0.15, 0.2) is 0 Å². The summed E-state index contributed by atoms with van der Waals surface area (Å²) in [5.74, 6) is 0.181. The highest BCUT2D eigenvalue weighted by Crippen LogP contribution is 2.31. The van der Waals surface area contributed by atoms with Gasteiger partial charge in [0.2, 0.25) is 15.9 Å². The fourth-order valence-electron chi connectivity index (χ4n) is 3.58. The Bertz CT molecular complexity index is 1470. The van der Waals surface area contributed by atoms with Gasteiger partial charge in [-0.05, 0) is 54.4 Å². The summed E-state index contributed by atoms with van der Waals surface area (Å²) in [6.07, 6.45) is 1.63. The number of anilines is 3. The minimum atomic E-state index is -3.98. The number of methoxy groups -OCH3 is 2. The molecule has 0 aliphatic heterocycles. The van der Waals surface area contributed by atoms with Crippen LogP contribution in [0.5, 0.6) is 11.5 Å². The number of nitrogens with zero attached hydrogens (tertiary/aromatic N) is 1. The molecule has 3 rings (SSSR count). The van der Waals surface area contributed by atoms with Gasteiger partial charge in [-0.3, -0.25) is 13.8 Å². The van der Waals surface area contributed by atoms with Gasteiger partial charge < -0.3 is 14.8 Å². The van der Waals surface area contributed by atoms with Crippen LogP contribution in [0.2, 0.25) is 0 Å². The number of amides is 1. The Labute approximate surface area is 217 Å². The predicted molar refractivity (Wildman–Crippen MR) is 143 cm³/mol. The molecule has 198 valence electrons. The molecule has 0 atom stereocenters. The Morgan fingerprint density at radius 1 is 0.919 bits per heavy atom. The van der Waals surface area contributed by atoms with E-state index in [1.54, 1.807) is 36.4 Å². The fourth-order valence-corrected chi connectivity index (χ4v) is 5.53. The molecule has 3 aromatic carbocycles. The number of nitrogens with one attached hydrogen (secondary N) is 2. The van der Waals surface area contributed by atoms with Crippen molar-refractivity contribution in [1.29, 1.82) is 0 Å². The van der Waals surface area contributed by atoms with E-state index in [2.05, 4.69) is 10.0 Å². The highest BCUT2D eigenvalue weighted by molar-refractivity contribution is 7.92. The summed E-state index contributed by atoms with van der Waals surface area (Å²) in [5, 5.41) is 2.62. The maximum absolute atomic E-state index is 12.9. The van der Waals surface area contributed by atoms with E-state index in [-0.39, 0.29) is 10.6 Å². The number of hydrogen-bond donors (Lipinski definition) is 2. The second-order valence-corrected chi connectivity index (χ2v) is 11.6. The van der Waals surface area contributed by atoms with Crippen molar-refractivity contribution in [3.63, 3.8) is 0 Å². The Morgan fingerprint density at radius 2 is 1.59 bits per heavy atom. The summed E-state index contributed by atoms with van der Waals surface area (Å²) in [4.78, 5) is 12.7. The van der Waals surface area contributed by atoms with Crippen molar-refractivity contribution in [1.82, 2.24) is 0 Å². The van der Waals surface area contributed by atoms with Crippen LogP contribution in [-0.4, -0.2) is 49.8 Å². The Kier molecular flexibility index (Phi) is 8.66. The summed E-state index contributed by atoms with van der Waals surface area (Å²) in [5.41, 5.74) is 1.73. The second kappa shape index (κ2) is 11.5. The molecule has 0 aliphatic carbocycles. The molecule has 0 aromatic heterocycles. The monoisotopic (exact) mass is 547 g/mol. The zero-order valence-corrected chi connectivity index (χ0v) is 22.5. The average Bonchev–Trinajstić information content (AvgIpc) is 2.86. The van der Waals surface area contributed by atoms with E-state index in [0.717, 1.165) is 16.1 Å². The van der Waals surface area contributed by atoms with Gasteiger partial charge in [-0.2, -0.15) is 0 Å². The van der Waals surface area contributed by atoms with Crippen molar-refractivity contribution in [2.24, 2.45) is 0 Å². The molecule has 0 unspecified atom stereocenters. The van der Waals surface area contributed by atoms with Crippen LogP contribution >= 0.6 is 0 Å². The lowest BCUT2D eigenvalue weighted by atomic mass is 10.1. The summed E-state index contributed by atoms with van der Waals surface area (Å²) in [6.45, 7) is 1.46. The lowest BCUT2D eigenvalue weighted by Gasteiger charge is -2.24. The van der Waals surface area contributed by atoms with Crippen molar-refractivity contribution in [2.45, 2.75) is 18.2 Å². The SMILES string of the molecule is CCc1ccccc1N(CC(=O)Nc1ccc(S(=O)(=O)Nc2cc(OC)ccc2OC)cc1)S(C)(=O)=O. The summed E-state index contributed by atoms with van der Waals surface area (Å²) < 4.78 is 64.6. The van der Waals surface area contributed by atoms with Gasteiger partial charge in [-0.25, -0.2) is 16.8 Å². The first-order valence-electron chi connectivity index (χ1n) is 11.2. The van der Waals surface area contributed by atoms with Crippen LogP contribution in [0, 0.1) is 0 Å². The maximum Gasteiger partial charge on any atom is 0.262 e. The normalized spacial score (nSPS) is 11.5. The number of para-hydroxylation sites is 1.